The van der Waals surface area contributed by atoms with E-state index < -0.39 is 11.6 Å². The maximum absolute atomic E-state index is 14.0. The van der Waals surface area contributed by atoms with Crippen molar-refractivity contribution < 1.29 is 13.2 Å². The molecule has 0 bridgehead atoms. The Hall–Kier alpha value is -2.19. The molecule has 1 atom stereocenters. The molecule has 0 aliphatic heterocycles. The van der Waals surface area contributed by atoms with Crippen molar-refractivity contribution in [1.82, 2.24) is 4.57 Å². The number of benzene rings is 1. The van der Waals surface area contributed by atoms with E-state index in [1.807, 2.05) is 0 Å². The summed E-state index contributed by atoms with van der Waals surface area (Å²) in [6, 6.07) is 10.0. The number of hydrogen-bond donors (Lipinski definition) is 0. The summed E-state index contributed by atoms with van der Waals surface area (Å²) < 4.78 is 43.7. The van der Waals surface area contributed by atoms with E-state index >= 15 is 0 Å². The van der Waals surface area contributed by atoms with Crippen molar-refractivity contribution in [2.75, 3.05) is 0 Å². The fraction of sp³-hybridized carbons (Fsp3) is 0.176. The van der Waals surface area contributed by atoms with Gasteiger partial charge in [-0.2, -0.15) is 13.2 Å². The van der Waals surface area contributed by atoms with Crippen molar-refractivity contribution in [3.05, 3.63) is 58.4 Å². The highest BCUT2D eigenvalue weighted by Crippen LogP contribution is 2.49. The molecule has 5 heteroatoms. The average Bonchev–Trinajstić information content (AvgIpc) is 3.10. The van der Waals surface area contributed by atoms with Crippen LogP contribution in [0.25, 0.3) is 10.9 Å². The quantitative estimate of drug-likeness (QED) is 0.602. The minimum Gasteiger partial charge on any atom is -0.350 e. The number of nitrogens with zero attached hydrogens (tertiary/aromatic N) is 1. The fourth-order valence-electron chi connectivity index (χ4n) is 2.79. The van der Waals surface area contributed by atoms with E-state index in [2.05, 4.69) is 5.92 Å². The Labute approximate surface area is 130 Å². The summed E-state index contributed by atoms with van der Waals surface area (Å²) in [5.74, 6) is 2.05. The maximum Gasteiger partial charge on any atom is 0.414 e. The van der Waals surface area contributed by atoms with Crippen LogP contribution in [0.1, 0.15) is 10.4 Å². The number of alkyl halides is 3. The molecule has 0 unspecified atom stereocenters. The molecule has 3 rings (SSSR count). The molecule has 112 valence electrons. The van der Waals surface area contributed by atoms with Crippen molar-refractivity contribution in [1.29, 1.82) is 0 Å². The van der Waals surface area contributed by atoms with Crippen LogP contribution in [0, 0.1) is 12.3 Å². The van der Waals surface area contributed by atoms with Gasteiger partial charge in [-0.3, -0.25) is 0 Å². The van der Waals surface area contributed by atoms with Crippen LogP contribution < -0.4 is 0 Å². The zero-order valence-electron chi connectivity index (χ0n) is 11.7. The molecule has 0 spiro atoms. The number of para-hydroxylation sites is 1. The number of halogens is 3. The number of hydrogen-bond acceptors (Lipinski definition) is 1. The third kappa shape index (κ3) is 1.87. The number of aromatic nitrogens is 1. The van der Waals surface area contributed by atoms with Crippen LogP contribution >= 0.6 is 11.3 Å². The first kappa shape index (κ1) is 14.7. The Morgan fingerprint density at radius 1 is 1.14 bits per heavy atom. The molecule has 0 fully saturated rings. The molecular formula is C17H12F3NS. The second-order valence-corrected chi connectivity index (χ2v) is 5.99. The summed E-state index contributed by atoms with van der Waals surface area (Å²) >= 11 is 1.02. The first-order chi connectivity index (χ1) is 10.4. The van der Waals surface area contributed by atoms with E-state index in [1.54, 1.807) is 47.3 Å². The van der Waals surface area contributed by atoms with Gasteiger partial charge in [-0.15, -0.1) is 17.8 Å². The average molecular weight is 319 g/mol. The molecule has 0 radical (unpaired) electrons. The molecule has 2 heterocycles. The number of aryl methyl sites for hydroxylation is 1. The second-order valence-electron chi connectivity index (χ2n) is 5.04. The standard InChI is InChI=1S/C17H12F3NS/c1-3-16(17(18,19)20,15-9-6-10-22-15)13-11-21(2)14-8-5-4-7-12(13)14/h1,4-11H,2H3/t16-/m1/s1. The topological polar surface area (TPSA) is 4.93 Å². The highest BCUT2D eigenvalue weighted by atomic mass is 32.1. The maximum atomic E-state index is 14.0. The van der Waals surface area contributed by atoms with Crippen LogP contribution in [-0.4, -0.2) is 10.7 Å². The van der Waals surface area contributed by atoms with Crippen LogP contribution in [0.5, 0.6) is 0 Å². The van der Waals surface area contributed by atoms with Crippen molar-refractivity contribution in [3.63, 3.8) is 0 Å². The Balaban J connectivity index is 2.43. The molecular weight excluding hydrogens is 307 g/mol. The van der Waals surface area contributed by atoms with Gasteiger partial charge in [-0.25, -0.2) is 0 Å². The summed E-state index contributed by atoms with van der Waals surface area (Å²) in [4.78, 5) is 0.110. The van der Waals surface area contributed by atoms with E-state index in [1.165, 1.54) is 12.3 Å². The predicted octanol–water partition coefficient (Wildman–Crippen LogP) is 4.72. The van der Waals surface area contributed by atoms with Gasteiger partial charge >= 0.3 is 6.18 Å². The lowest BCUT2D eigenvalue weighted by Gasteiger charge is -2.30. The smallest absolute Gasteiger partial charge is 0.350 e. The summed E-state index contributed by atoms with van der Waals surface area (Å²) in [5.41, 5.74) is -1.61. The van der Waals surface area contributed by atoms with Gasteiger partial charge in [0.05, 0.1) is 0 Å². The van der Waals surface area contributed by atoms with E-state index in [-0.39, 0.29) is 10.4 Å². The molecule has 3 aromatic rings. The summed E-state index contributed by atoms with van der Waals surface area (Å²) in [7, 11) is 1.72. The number of terminal acetylenes is 1. The van der Waals surface area contributed by atoms with Gasteiger partial charge in [0.1, 0.15) is 0 Å². The minimum absolute atomic E-state index is 0.100. The molecule has 2 aromatic heterocycles. The van der Waals surface area contributed by atoms with Crippen LogP contribution in [0.2, 0.25) is 0 Å². The predicted molar refractivity (Wildman–Crippen MR) is 82.9 cm³/mol. The third-order valence-corrected chi connectivity index (χ3v) is 4.82. The molecule has 0 aliphatic carbocycles. The summed E-state index contributed by atoms with van der Waals surface area (Å²) in [5, 5.41) is 2.13. The number of rotatable bonds is 2. The van der Waals surface area contributed by atoms with Gasteiger partial charge in [-0.1, -0.05) is 30.2 Å². The van der Waals surface area contributed by atoms with Gasteiger partial charge in [0, 0.05) is 34.6 Å². The fourth-order valence-corrected chi connectivity index (χ4v) is 3.71. The Morgan fingerprint density at radius 3 is 2.45 bits per heavy atom. The van der Waals surface area contributed by atoms with Crippen LogP contribution in [0.4, 0.5) is 13.2 Å². The molecule has 0 saturated heterocycles. The van der Waals surface area contributed by atoms with Crippen molar-refractivity contribution in [2.45, 2.75) is 11.6 Å². The monoisotopic (exact) mass is 319 g/mol. The van der Waals surface area contributed by atoms with E-state index in [0.717, 1.165) is 16.9 Å². The first-order valence-corrected chi connectivity index (χ1v) is 7.43. The van der Waals surface area contributed by atoms with Crippen molar-refractivity contribution in [3.8, 4) is 12.3 Å². The lowest BCUT2D eigenvalue weighted by Crippen LogP contribution is -2.41. The van der Waals surface area contributed by atoms with Gasteiger partial charge in [0.25, 0.3) is 0 Å². The van der Waals surface area contributed by atoms with Gasteiger partial charge in [-0.05, 0) is 17.5 Å². The lowest BCUT2D eigenvalue weighted by molar-refractivity contribution is -0.160. The Kier molecular flexibility index (Phi) is 3.30. The highest BCUT2D eigenvalue weighted by molar-refractivity contribution is 7.10. The highest BCUT2D eigenvalue weighted by Gasteiger charge is 2.58. The van der Waals surface area contributed by atoms with Gasteiger partial charge < -0.3 is 4.57 Å². The molecule has 1 aromatic carbocycles. The van der Waals surface area contributed by atoms with Crippen molar-refractivity contribution in [2.24, 2.45) is 7.05 Å². The van der Waals surface area contributed by atoms with Crippen LogP contribution in [0.3, 0.4) is 0 Å². The summed E-state index contributed by atoms with van der Waals surface area (Å²) in [6.07, 6.45) is 2.34. The second kappa shape index (κ2) is 4.92. The molecule has 22 heavy (non-hydrogen) atoms. The first-order valence-electron chi connectivity index (χ1n) is 6.55. The zero-order chi connectivity index (χ0) is 16.0. The van der Waals surface area contributed by atoms with E-state index in [4.69, 9.17) is 6.42 Å². The normalized spacial score (nSPS) is 14.7. The molecule has 0 amide bonds. The molecule has 0 N–H and O–H groups in total. The van der Waals surface area contributed by atoms with E-state index in [0.29, 0.717) is 5.39 Å². The Bertz CT molecular complexity index is 852. The number of thiophene rings is 1. The Morgan fingerprint density at radius 2 is 1.86 bits per heavy atom. The zero-order valence-corrected chi connectivity index (χ0v) is 12.5. The van der Waals surface area contributed by atoms with E-state index in [9.17, 15) is 13.2 Å². The molecule has 0 aliphatic rings. The minimum atomic E-state index is -4.59. The lowest BCUT2D eigenvalue weighted by atomic mass is 9.79. The third-order valence-electron chi connectivity index (χ3n) is 3.83. The largest absolute Gasteiger partial charge is 0.414 e. The van der Waals surface area contributed by atoms with Gasteiger partial charge in [0.2, 0.25) is 0 Å². The molecule has 1 nitrogen and oxygen atoms in total. The number of fused-ring (bicyclic) bond motifs is 1. The van der Waals surface area contributed by atoms with Crippen LogP contribution in [0.15, 0.2) is 48.0 Å². The summed E-state index contributed by atoms with van der Waals surface area (Å²) in [6.45, 7) is 0. The molecule has 0 saturated carbocycles. The van der Waals surface area contributed by atoms with Crippen LogP contribution in [-0.2, 0) is 12.5 Å². The van der Waals surface area contributed by atoms with Gasteiger partial charge in [0.15, 0.2) is 5.41 Å². The van der Waals surface area contributed by atoms with Crippen molar-refractivity contribution >= 4 is 22.2 Å². The SMILES string of the molecule is C#C[C@](c1cccs1)(c1cn(C)c2ccccc12)C(F)(F)F.